The van der Waals surface area contributed by atoms with Crippen LogP contribution in [0.4, 0.5) is 4.39 Å². The van der Waals surface area contributed by atoms with E-state index in [1.165, 1.54) is 12.1 Å². The molecule has 4 heteroatoms. The Balaban J connectivity index is 2.55. The SMILES string of the molecule is CC(C)[C@H](NCc1ccc(F)cc1)C(=O)O. The Bertz CT molecular complexity index is 349. The van der Waals surface area contributed by atoms with Crippen molar-refractivity contribution in [3.63, 3.8) is 0 Å². The lowest BCUT2D eigenvalue weighted by Crippen LogP contribution is -2.40. The molecule has 0 aliphatic rings. The maximum Gasteiger partial charge on any atom is 0.320 e. The lowest BCUT2D eigenvalue weighted by molar-refractivity contribution is -0.140. The van der Waals surface area contributed by atoms with Gasteiger partial charge in [-0.2, -0.15) is 0 Å². The highest BCUT2D eigenvalue weighted by Crippen LogP contribution is 2.06. The minimum Gasteiger partial charge on any atom is -0.480 e. The molecule has 1 aromatic carbocycles. The molecule has 3 nitrogen and oxygen atoms in total. The summed E-state index contributed by atoms with van der Waals surface area (Å²) < 4.78 is 12.6. The molecular formula is C12H16FNO2. The number of hydrogen-bond acceptors (Lipinski definition) is 2. The van der Waals surface area contributed by atoms with Gasteiger partial charge >= 0.3 is 5.97 Å². The first kappa shape index (κ1) is 12.6. The van der Waals surface area contributed by atoms with Gasteiger partial charge in [-0.1, -0.05) is 26.0 Å². The number of hydrogen-bond donors (Lipinski definition) is 2. The minimum absolute atomic E-state index is 0.0120. The lowest BCUT2D eigenvalue weighted by atomic mass is 10.0. The summed E-state index contributed by atoms with van der Waals surface area (Å²) in [6.07, 6.45) is 0. The first-order valence-corrected chi connectivity index (χ1v) is 5.21. The maximum atomic E-state index is 12.6. The number of carboxylic acid groups (broad SMARTS) is 1. The smallest absolute Gasteiger partial charge is 0.320 e. The average Bonchev–Trinajstić information content (AvgIpc) is 2.20. The molecule has 0 unspecified atom stereocenters. The Kier molecular flexibility index (Phi) is 4.43. The average molecular weight is 225 g/mol. The van der Waals surface area contributed by atoms with E-state index >= 15 is 0 Å². The van der Waals surface area contributed by atoms with Crippen LogP contribution in [0.25, 0.3) is 0 Å². The van der Waals surface area contributed by atoms with E-state index in [4.69, 9.17) is 5.11 Å². The molecule has 0 heterocycles. The standard InChI is InChI=1S/C12H16FNO2/c1-8(2)11(12(15)16)14-7-9-3-5-10(13)6-4-9/h3-6,8,11,14H,7H2,1-2H3,(H,15,16)/t11-/m0/s1. The molecule has 0 fully saturated rings. The third kappa shape index (κ3) is 3.62. The van der Waals surface area contributed by atoms with E-state index in [9.17, 15) is 9.18 Å². The molecule has 0 aromatic heterocycles. The highest BCUT2D eigenvalue weighted by Gasteiger charge is 2.20. The molecule has 0 bridgehead atoms. The molecule has 0 amide bonds. The summed E-state index contributed by atoms with van der Waals surface area (Å²) in [7, 11) is 0. The number of halogens is 1. The molecule has 0 radical (unpaired) electrons. The van der Waals surface area contributed by atoms with E-state index in [0.29, 0.717) is 6.54 Å². The predicted molar refractivity (Wildman–Crippen MR) is 59.5 cm³/mol. The topological polar surface area (TPSA) is 49.3 Å². The van der Waals surface area contributed by atoms with E-state index in [-0.39, 0.29) is 11.7 Å². The van der Waals surface area contributed by atoms with Crippen molar-refractivity contribution in [2.45, 2.75) is 26.4 Å². The second kappa shape index (κ2) is 5.61. The van der Waals surface area contributed by atoms with Crippen molar-refractivity contribution in [3.8, 4) is 0 Å². The fraction of sp³-hybridized carbons (Fsp3) is 0.417. The third-order valence-electron chi connectivity index (χ3n) is 2.37. The minimum atomic E-state index is -0.864. The molecule has 1 aromatic rings. The van der Waals surface area contributed by atoms with Crippen molar-refractivity contribution in [3.05, 3.63) is 35.6 Å². The van der Waals surface area contributed by atoms with Crippen LogP contribution in [0.3, 0.4) is 0 Å². The summed E-state index contributed by atoms with van der Waals surface area (Å²) in [5, 5.41) is 11.9. The summed E-state index contributed by atoms with van der Waals surface area (Å²) in [5.41, 5.74) is 0.869. The highest BCUT2D eigenvalue weighted by atomic mass is 19.1. The third-order valence-corrected chi connectivity index (χ3v) is 2.37. The van der Waals surface area contributed by atoms with E-state index in [1.54, 1.807) is 12.1 Å². The molecule has 1 rings (SSSR count). The van der Waals surface area contributed by atoms with Gasteiger partial charge in [0.25, 0.3) is 0 Å². The molecule has 0 aliphatic heterocycles. The second-order valence-electron chi connectivity index (χ2n) is 4.07. The zero-order valence-electron chi connectivity index (χ0n) is 9.40. The van der Waals surface area contributed by atoms with Crippen LogP contribution in [0.2, 0.25) is 0 Å². The fourth-order valence-electron chi connectivity index (χ4n) is 1.44. The Morgan fingerprint density at radius 2 is 1.94 bits per heavy atom. The monoisotopic (exact) mass is 225 g/mol. The molecule has 88 valence electrons. The largest absolute Gasteiger partial charge is 0.480 e. The Morgan fingerprint density at radius 3 is 2.38 bits per heavy atom. The van der Waals surface area contributed by atoms with Crippen LogP contribution in [0.15, 0.2) is 24.3 Å². The summed E-state index contributed by atoms with van der Waals surface area (Å²) in [6, 6.07) is 5.43. The van der Waals surface area contributed by atoms with Crippen LogP contribution >= 0.6 is 0 Å². The fourth-order valence-corrected chi connectivity index (χ4v) is 1.44. The summed E-state index contributed by atoms with van der Waals surface area (Å²) in [6.45, 7) is 4.11. The number of aliphatic carboxylic acids is 1. The van der Waals surface area contributed by atoms with Gasteiger partial charge in [-0.05, 0) is 23.6 Å². The summed E-state index contributed by atoms with van der Waals surface area (Å²) in [5.74, 6) is -1.14. The molecule has 0 saturated heterocycles. The van der Waals surface area contributed by atoms with Crippen LogP contribution in [0.1, 0.15) is 19.4 Å². The molecule has 16 heavy (non-hydrogen) atoms. The maximum absolute atomic E-state index is 12.6. The Hall–Kier alpha value is -1.42. The van der Waals surface area contributed by atoms with Gasteiger partial charge in [-0.25, -0.2) is 4.39 Å². The van der Waals surface area contributed by atoms with Crippen molar-refractivity contribution in [2.75, 3.05) is 0 Å². The van der Waals surface area contributed by atoms with Crippen LogP contribution < -0.4 is 5.32 Å². The van der Waals surface area contributed by atoms with Gasteiger partial charge in [0.15, 0.2) is 0 Å². The van der Waals surface area contributed by atoms with Gasteiger partial charge in [0.2, 0.25) is 0 Å². The van der Waals surface area contributed by atoms with Crippen molar-refractivity contribution in [1.82, 2.24) is 5.32 Å². The molecule has 0 saturated carbocycles. The lowest BCUT2D eigenvalue weighted by Gasteiger charge is -2.17. The van der Waals surface area contributed by atoms with Gasteiger partial charge in [-0.3, -0.25) is 4.79 Å². The predicted octanol–water partition coefficient (Wildman–Crippen LogP) is 2.02. The Morgan fingerprint density at radius 1 is 1.38 bits per heavy atom. The molecule has 2 N–H and O–H groups in total. The second-order valence-corrected chi connectivity index (χ2v) is 4.07. The molecule has 0 spiro atoms. The summed E-state index contributed by atoms with van der Waals surface area (Å²) in [4.78, 5) is 10.9. The zero-order chi connectivity index (χ0) is 12.1. The van der Waals surface area contributed by atoms with Gasteiger partial charge in [0.1, 0.15) is 11.9 Å². The molecule has 1 atom stereocenters. The van der Waals surface area contributed by atoms with Gasteiger partial charge in [0, 0.05) is 6.54 Å². The number of nitrogens with one attached hydrogen (secondary N) is 1. The number of benzene rings is 1. The zero-order valence-corrected chi connectivity index (χ0v) is 9.40. The van der Waals surface area contributed by atoms with Gasteiger partial charge in [0.05, 0.1) is 0 Å². The van der Waals surface area contributed by atoms with E-state index in [0.717, 1.165) is 5.56 Å². The van der Waals surface area contributed by atoms with Crippen molar-refractivity contribution < 1.29 is 14.3 Å². The quantitative estimate of drug-likeness (QED) is 0.806. The van der Waals surface area contributed by atoms with Crippen molar-refractivity contribution >= 4 is 5.97 Å². The highest BCUT2D eigenvalue weighted by molar-refractivity contribution is 5.73. The van der Waals surface area contributed by atoms with E-state index in [1.807, 2.05) is 13.8 Å². The van der Waals surface area contributed by atoms with E-state index < -0.39 is 12.0 Å². The van der Waals surface area contributed by atoms with Crippen LogP contribution in [0, 0.1) is 11.7 Å². The van der Waals surface area contributed by atoms with Crippen LogP contribution in [0.5, 0.6) is 0 Å². The number of carboxylic acids is 1. The normalized spacial score (nSPS) is 12.8. The first-order valence-electron chi connectivity index (χ1n) is 5.21. The number of rotatable bonds is 5. The molecular weight excluding hydrogens is 209 g/mol. The molecule has 0 aliphatic carbocycles. The van der Waals surface area contributed by atoms with Gasteiger partial charge in [-0.15, -0.1) is 0 Å². The Labute approximate surface area is 94.3 Å². The van der Waals surface area contributed by atoms with Crippen LogP contribution in [-0.2, 0) is 11.3 Å². The van der Waals surface area contributed by atoms with Gasteiger partial charge < -0.3 is 10.4 Å². The van der Waals surface area contributed by atoms with Crippen molar-refractivity contribution in [1.29, 1.82) is 0 Å². The van der Waals surface area contributed by atoms with Crippen LogP contribution in [-0.4, -0.2) is 17.1 Å². The van der Waals surface area contributed by atoms with Crippen molar-refractivity contribution in [2.24, 2.45) is 5.92 Å². The number of carbonyl (C=O) groups is 1. The summed E-state index contributed by atoms with van der Waals surface area (Å²) >= 11 is 0. The van der Waals surface area contributed by atoms with E-state index in [2.05, 4.69) is 5.32 Å². The first-order chi connectivity index (χ1) is 7.50.